The fourth-order valence-corrected chi connectivity index (χ4v) is 2.53. The number of para-hydroxylation sites is 1. The minimum atomic E-state index is 0.614. The largest absolute Gasteiger partial charge is 0.456 e. The molecular weight excluding hydrogens is 232 g/mol. The van der Waals surface area contributed by atoms with Gasteiger partial charge in [0.05, 0.1) is 0 Å². The van der Waals surface area contributed by atoms with E-state index in [0.29, 0.717) is 5.92 Å². The first-order valence-electron chi connectivity index (χ1n) is 6.81. The molecule has 0 aliphatic heterocycles. The second-order valence-electron chi connectivity index (χ2n) is 5.37. The zero-order valence-corrected chi connectivity index (χ0v) is 11.4. The van der Waals surface area contributed by atoms with Crippen LogP contribution in [0.4, 0.5) is 0 Å². The minimum absolute atomic E-state index is 0.614. The Morgan fingerprint density at radius 1 is 0.895 bits per heavy atom. The summed E-state index contributed by atoms with van der Waals surface area (Å²) in [6.45, 7) is 4.49. The van der Waals surface area contributed by atoms with Crippen LogP contribution in [0.3, 0.4) is 0 Å². The van der Waals surface area contributed by atoms with E-state index < -0.39 is 0 Å². The summed E-state index contributed by atoms with van der Waals surface area (Å²) in [4.78, 5) is 0. The Balaban J connectivity index is 2.23. The number of hydrogen-bond acceptors (Lipinski definition) is 1. The summed E-state index contributed by atoms with van der Waals surface area (Å²) >= 11 is 0. The maximum absolute atomic E-state index is 6.09. The van der Waals surface area contributed by atoms with Gasteiger partial charge >= 0.3 is 0 Å². The van der Waals surface area contributed by atoms with Gasteiger partial charge in [-0.2, -0.15) is 0 Å². The van der Waals surface area contributed by atoms with Gasteiger partial charge < -0.3 is 4.42 Å². The van der Waals surface area contributed by atoms with Crippen LogP contribution in [0.25, 0.3) is 22.3 Å². The Hall–Kier alpha value is -2.02. The summed E-state index contributed by atoms with van der Waals surface area (Å²) in [5.74, 6) is 1.64. The number of rotatable bonds is 3. The zero-order chi connectivity index (χ0) is 13.2. The van der Waals surface area contributed by atoms with Crippen LogP contribution in [0.15, 0.2) is 59.0 Å². The standard InChI is InChI=1S/C18H18O/c1-13(2)12-16-15-10-6-7-11-17(15)19-18(16)14-8-4-3-5-9-14/h3-11,13H,12H2,1-2H3. The molecule has 19 heavy (non-hydrogen) atoms. The molecule has 0 unspecified atom stereocenters. The predicted molar refractivity (Wildman–Crippen MR) is 80.2 cm³/mol. The predicted octanol–water partition coefficient (Wildman–Crippen LogP) is 5.30. The van der Waals surface area contributed by atoms with Crippen LogP contribution in [0.2, 0.25) is 0 Å². The average Bonchev–Trinajstić information content (AvgIpc) is 2.78. The quantitative estimate of drug-likeness (QED) is 0.615. The maximum Gasteiger partial charge on any atom is 0.138 e. The molecule has 3 aromatic rings. The first kappa shape index (κ1) is 12.0. The van der Waals surface area contributed by atoms with Crippen LogP contribution >= 0.6 is 0 Å². The molecule has 0 aliphatic rings. The van der Waals surface area contributed by atoms with Crippen molar-refractivity contribution in [3.8, 4) is 11.3 Å². The molecule has 0 N–H and O–H groups in total. The molecule has 96 valence electrons. The molecule has 1 nitrogen and oxygen atoms in total. The van der Waals surface area contributed by atoms with E-state index >= 15 is 0 Å². The first-order chi connectivity index (χ1) is 9.25. The van der Waals surface area contributed by atoms with Crippen LogP contribution in [0, 0.1) is 5.92 Å². The van der Waals surface area contributed by atoms with Crippen LogP contribution in [-0.2, 0) is 6.42 Å². The van der Waals surface area contributed by atoms with Gasteiger partial charge in [-0.15, -0.1) is 0 Å². The lowest BCUT2D eigenvalue weighted by Gasteiger charge is -2.06. The van der Waals surface area contributed by atoms with Gasteiger partial charge in [0.15, 0.2) is 0 Å². The van der Waals surface area contributed by atoms with Gasteiger partial charge in [0.25, 0.3) is 0 Å². The molecular formula is C18H18O. The van der Waals surface area contributed by atoms with Crippen LogP contribution in [0.1, 0.15) is 19.4 Å². The topological polar surface area (TPSA) is 13.1 Å². The van der Waals surface area contributed by atoms with Crippen molar-refractivity contribution in [1.29, 1.82) is 0 Å². The van der Waals surface area contributed by atoms with E-state index in [-0.39, 0.29) is 0 Å². The smallest absolute Gasteiger partial charge is 0.138 e. The van der Waals surface area contributed by atoms with E-state index in [0.717, 1.165) is 23.3 Å². The van der Waals surface area contributed by atoms with Crippen LogP contribution in [-0.4, -0.2) is 0 Å². The SMILES string of the molecule is CC(C)Cc1c(-c2ccccc2)oc2ccccc12. The molecule has 3 rings (SSSR count). The summed E-state index contributed by atoms with van der Waals surface area (Å²) in [5, 5.41) is 1.25. The lowest BCUT2D eigenvalue weighted by molar-refractivity contribution is 0.607. The van der Waals surface area contributed by atoms with Gasteiger partial charge in [-0.25, -0.2) is 0 Å². The van der Waals surface area contributed by atoms with Crippen LogP contribution < -0.4 is 0 Å². The number of furan rings is 1. The summed E-state index contributed by atoms with van der Waals surface area (Å²) in [7, 11) is 0. The van der Waals surface area contributed by atoms with E-state index in [4.69, 9.17) is 4.42 Å². The second-order valence-corrected chi connectivity index (χ2v) is 5.37. The summed E-state index contributed by atoms with van der Waals surface area (Å²) < 4.78 is 6.09. The van der Waals surface area contributed by atoms with Crippen molar-refractivity contribution >= 4 is 11.0 Å². The molecule has 0 aliphatic carbocycles. The maximum atomic E-state index is 6.09. The molecule has 1 aromatic heterocycles. The lowest BCUT2D eigenvalue weighted by Crippen LogP contribution is -1.94. The molecule has 0 saturated heterocycles. The summed E-state index contributed by atoms with van der Waals surface area (Å²) in [6, 6.07) is 18.7. The Labute approximate surface area is 113 Å². The summed E-state index contributed by atoms with van der Waals surface area (Å²) in [6.07, 6.45) is 1.04. The molecule has 0 radical (unpaired) electrons. The molecule has 2 aromatic carbocycles. The Morgan fingerprint density at radius 2 is 1.58 bits per heavy atom. The second kappa shape index (κ2) is 4.93. The van der Waals surface area contributed by atoms with Gasteiger partial charge in [0.1, 0.15) is 11.3 Å². The zero-order valence-electron chi connectivity index (χ0n) is 11.4. The highest BCUT2D eigenvalue weighted by atomic mass is 16.3. The highest BCUT2D eigenvalue weighted by Gasteiger charge is 2.16. The Bertz CT molecular complexity index is 677. The van der Waals surface area contributed by atoms with E-state index in [2.05, 4.69) is 50.2 Å². The summed E-state index contributed by atoms with van der Waals surface area (Å²) in [5.41, 5.74) is 3.48. The third-order valence-corrected chi connectivity index (χ3v) is 3.35. The molecule has 0 spiro atoms. The van der Waals surface area contributed by atoms with E-state index in [1.807, 2.05) is 18.2 Å². The molecule has 0 amide bonds. The van der Waals surface area contributed by atoms with Gasteiger partial charge in [0.2, 0.25) is 0 Å². The average molecular weight is 250 g/mol. The third kappa shape index (κ3) is 2.28. The van der Waals surface area contributed by atoms with Crippen molar-refractivity contribution in [3.05, 3.63) is 60.2 Å². The Morgan fingerprint density at radius 3 is 2.32 bits per heavy atom. The first-order valence-corrected chi connectivity index (χ1v) is 6.81. The van der Waals surface area contributed by atoms with Crippen molar-refractivity contribution in [2.24, 2.45) is 5.92 Å². The van der Waals surface area contributed by atoms with Crippen molar-refractivity contribution < 1.29 is 4.42 Å². The third-order valence-electron chi connectivity index (χ3n) is 3.35. The fourth-order valence-electron chi connectivity index (χ4n) is 2.53. The fraction of sp³-hybridized carbons (Fsp3) is 0.222. The number of benzene rings is 2. The molecule has 1 heteroatoms. The number of fused-ring (bicyclic) bond motifs is 1. The minimum Gasteiger partial charge on any atom is -0.456 e. The molecule has 0 saturated carbocycles. The Kier molecular flexibility index (Phi) is 3.12. The van der Waals surface area contributed by atoms with Crippen LogP contribution in [0.5, 0.6) is 0 Å². The van der Waals surface area contributed by atoms with Crippen molar-refractivity contribution in [2.75, 3.05) is 0 Å². The molecule has 0 atom stereocenters. The van der Waals surface area contributed by atoms with E-state index in [1.54, 1.807) is 0 Å². The normalized spacial score (nSPS) is 11.3. The molecule has 1 heterocycles. The monoisotopic (exact) mass is 250 g/mol. The van der Waals surface area contributed by atoms with Crippen molar-refractivity contribution in [2.45, 2.75) is 20.3 Å². The lowest BCUT2D eigenvalue weighted by atomic mass is 9.97. The van der Waals surface area contributed by atoms with Gasteiger partial charge in [-0.05, 0) is 18.4 Å². The number of hydrogen-bond donors (Lipinski definition) is 0. The molecule has 0 bridgehead atoms. The van der Waals surface area contributed by atoms with Crippen molar-refractivity contribution in [3.63, 3.8) is 0 Å². The highest BCUT2D eigenvalue weighted by molar-refractivity contribution is 5.87. The van der Waals surface area contributed by atoms with Gasteiger partial charge in [-0.3, -0.25) is 0 Å². The van der Waals surface area contributed by atoms with E-state index in [1.165, 1.54) is 10.9 Å². The van der Waals surface area contributed by atoms with E-state index in [9.17, 15) is 0 Å². The van der Waals surface area contributed by atoms with Gasteiger partial charge in [0, 0.05) is 16.5 Å². The highest BCUT2D eigenvalue weighted by Crippen LogP contribution is 2.34. The van der Waals surface area contributed by atoms with Gasteiger partial charge in [-0.1, -0.05) is 62.4 Å². The molecule has 0 fully saturated rings. The van der Waals surface area contributed by atoms with Crippen molar-refractivity contribution in [1.82, 2.24) is 0 Å².